The fourth-order valence-corrected chi connectivity index (χ4v) is 2.42. The molecule has 0 radical (unpaired) electrons. The van der Waals surface area contributed by atoms with Gasteiger partial charge in [0.25, 0.3) is 5.91 Å². The van der Waals surface area contributed by atoms with E-state index in [-0.39, 0.29) is 12.5 Å². The second-order valence-electron chi connectivity index (χ2n) is 6.30. The van der Waals surface area contributed by atoms with Gasteiger partial charge in [-0.25, -0.2) is 4.79 Å². The molecule has 0 aliphatic rings. The summed E-state index contributed by atoms with van der Waals surface area (Å²) >= 11 is 0. The molecule has 27 heavy (non-hydrogen) atoms. The van der Waals surface area contributed by atoms with Gasteiger partial charge in [-0.1, -0.05) is 38.1 Å². The van der Waals surface area contributed by atoms with E-state index in [1.165, 1.54) is 6.92 Å². The van der Waals surface area contributed by atoms with Crippen molar-refractivity contribution in [3.63, 3.8) is 0 Å². The number of carbonyl (C=O) groups is 2. The standard InChI is InChI=1S/C21H22N2O4/c1-14(2)18-9-4-5-10-19(18)26-13-20(24)27-15(3)21(25)23-17-8-6-7-16(11-17)12-22/h4-11,14-15H,13H2,1-3H3,(H,23,25). The Bertz CT molecular complexity index is 855. The van der Waals surface area contributed by atoms with E-state index in [4.69, 9.17) is 14.7 Å². The predicted molar refractivity (Wildman–Crippen MR) is 101 cm³/mol. The van der Waals surface area contributed by atoms with Crippen molar-refractivity contribution in [2.24, 2.45) is 0 Å². The molecule has 0 spiro atoms. The van der Waals surface area contributed by atoms with Gasteiger partial charge in [-0.15, -0.1) is 0 Å². The zero-order valence-corrected chi connectivity index (χ0v) is 15.6. The van der Waals surface area contributed by atoms with E-state index in [1.807, 2.05) is 38.1 Å². The van der Waals surface area contributed by atoms with Gasteiger partial charge in [-0.3, -0.25) is 4.79 Å². The quantitative estimate of drug-likeness (QED) is 0.756. The van der Waals surface area contributed by atoms with Gasteiger partial charge >= 0.3 is 5.97 Å². The largest absolute Gasteiger partial charge is 0.482 e. The lowest BCUT2D eigenvalue weighted by atomic mass is 10.0. The van der Waals surface area contributed by atoms with E-state index in [0.29, 0.717) is 17.0 Å². The van der Waals surface area contributed by atoms with Gasteiger partial charge in [0.2, 0.25) is 0 Å². The van der Waals surface area contributed by atoms with Crippen LogP contribution in [0.15, 0.2) is 48.5 Å². The van der Waals surface area contributed by atoms with E-state index >= 15 is 0 Å². The highest BCUT2D eigenvalue weighted by molar-refractivity contribution is 5.95. The molecule has 0 aliphatic carbocycles. The summed E-state index contributed by atoms with van der Waals surface area (Å²) in [6.45, 7) is 5.26. The van der Waals surface area contributed by atoms with Crippen LogP contribution in [0.2, 0.25) is 0 Å². The maximum absolute atomic E-state index is 12.2. The molecule has 6 heteroatoms. The summed E-state index contributed by atoms with van der Waals surface area (Å²) in [7, 11) is 0. The molecular formula is C21H22N2O4. The second kappa shape index (κ2) is 9.39. The van der Waals surface area contributed by atoms with Crippen molar-refractivity contribution < 1.29 is 19.1 Å². The lowest BCUT2D eigenvalue weighted by Gasteiger charge is -2.16. The summed E-state index contributed by atoms with van der Waals surface area (Å²) in [5, 5.41) is 11.5. The SMILES string of the molecule is CC(OC(=O)COc1ccccc1C(C)C)C(=O)Nc1cccc(C#N)c1. The number of amides is 1. The number of anilines is 1. The molecule has 0 aromatic heterocycles. The number of rotatable bonds is 7. The Morgan fingerprint density at radius 1 is 1.11 bits per heavy atom. The first-order chi connectivity index (χ1) is 12.9. The summed E-state index contributed by atoms with van der Waals surface area (Å²) < 4.78 is 10.7. The Balaban J connectivity index is 1.88. The van der Waals surface area contributed by atoms with Gasteiger partial charge in [-0.2, -0.15) is 5.26 Å². The molecule has 0 aliphatic heterocycles. The number of benzene rings is 2. The van der Waals surface area contributed by atoms with Gasteiger partial charge in [0.15, 0.2) is 12.7 Å². The van der Waals surface area contributed by atoms with Gasteiger partial charge in [0, 0.05) is 5.69 Å². The molecule has 1 N–H and O–H groups in total. The van der Waals surface area contributed by atoms with E-state index in [0.717, 1.165) is 5.56 Å². The third-order valence-corrected chi connectivity index (χ3v) is 3.82. The van der Waals surface area contributed by atoms with Crippen LogP contribution >= 0.6 is 0 Å². The van der Waals surface area contributed by atoms with Crippen LogP contribution in [0.4, 0.5) is 5.69 Å². The lowest BCUT2D eigenvalue weighted by Crippen LogP contribution is -2.31. The minimum absolute atomic E-state index is 0.256. The van der Waals surface area contributed by atoms with Crippen molar-refractivity contribution in [3.8, 4) is 11.8 Å². The van der Waals surface area contributed by atoms with Crippen LogP contribution in [0.25, 0.3) is 0 Å². The summed E-state index contributed by atoms with van der Waals surface area (Å²) in [6, 6.07) is 15.9. The van der Waals surface area contributed by atoms with Crippen LogP contribution in [0.3, 0.4) is 0 Å². The Kier molecular flexibility index (Phi) is 6.95. The van der Waals surface area contributed by atoms with Crippen LogP contribution < -0.4 is 10.1 Å². The van der Waals surface area contributed by atoms with Crippen molar-refractivity contribution in [1.29, 1.82) is 5.26 Å². The summed E-state index contributed by atoms with van der Waals surface area (Å²) in [5.41, 5.74) is 1.88. The molecule has 0 heterocycles. The molecule has 2 aromatic rings. The van der Waals surface area contributed by atoms with Gasteiger partial charge < -0.3 is 14.8 Å². The molecule has 1 unspecified atom stereocenters. The number of esters is 1. The van der Waals surface area contributed by atoms with Crippen LogP contribution in [0.1, 0.15) is 37.8 Å². The molecule has 1 atom stereocenters. The molecule has 1 amide bonds. The number of hydrogen-bond donors (Lipinski definition) is 1. The topological polar surface area (TPSA) is 88.4 Å². The first kappa shape index (κ1) is 20.0. The van der Waals surface area contributed by atoms with E-state index in [2.05, 4.69) is 5.32 Å². The van der Waals surface area contributed by atoms with Crippen molar-refractivity contribution in [2.45, 2.75) is 32.8 Å². The van der Waals surface area contributed by atoms with Crippen molar-refractivity contribution in [2.75, 3.05) is 11.9 Å². The zero-order valence-electron chi connectivity index (χ0n) is 15.6. The maximum atomic E-state index is 12.2. The van der Waals surface area contributed by atoms with E-state index in [9.17, 15) is 9.59 Å². The highest BCUT2D eigenvalue weighted by Gasteiger charge is 2.19. The fourth-order valence-electron chi connectivity index (χ4n) is 2.42. The third-order valence-electron chi connectivity index (χ3n) is 3.82. The first-order valence-electron chi connectivity index (χ1n) is 8.63. The average molecular weight is 366 g/mol. The predicted octanol–water partition coefficient (Wildman–Crippen LogP) is 3.63. The van der Waals surface area contributed by atoms with E-state index < -0.39 is 18.0 Å². The van der Waals surface area contributed by atoms with E-state index in [1.54, 1.807) is 30.3 Å². The highest BCUT2D eigenvalue weighted by Crippen LogP contribution is 2.25. The maximum Gasteiger partial charge on any atom is 0.344 e. The Labute approximate surface area is 158 Å². The number of ether oxygens (including phenoxy) is 2. The minimum atomic E-state index is -0.993. The second-order valence-corrected chi connectivity index (χ2v) is 6.30. The van der Waals surface area contributed by atoms with Gasteiger partial charge in [0.05, 0.1) is 11.6 Å². The minimum Gasteiger partial charge on any atom is -0.482 e. The monoisotopic (exact) mass is 366 g/mol. The smallest absolute Gasteiger partial charge is 0.344 e. The molecule has 2 aromatic carbocycles. The number of para-hydroxylation sites is 1. The number of nitriles is 1. The summed E-state index contributed by atoms with van der Waals surface area (Å²) in [4.78, 5) is 24.1. The molecule has 6 nitrogen and oxygen atoms in total. The molecular weight excluding hydrogens is 344 g/mol. The third kappa shape index (κ3) is 5.86. The summed E-state index contributed by atoms with van der Waals surface area (Å²) in [5.74, 6) is -0.246. The van der Waals surface area contributed by atoms with Crippen LogP contribution in [0.5, 0.6) is 5.75 Å². The molecule has 2 rings (SSSR count). The van der Waals surface area contributed by atoms with Crippen LogP contribution in [-0.2, 0) is 14.3 Å². The average Bonchev–Trinajstić information content (AvgIpc) is 2.66. The molecule has 0 saturated heterocycles. The lowest BCUT2D eigenvalue weighted by molar-refractivity contribution is -0.155. The van der Waals surface area contributed by atoms with Crippen LogP contribution in [-0.4, -0.2) is 24.6 Å². The number of nitrogens with one attached hydrogen (secondary N) is 1. The Hall–Kier alpha value is -3.33. The summed E-state index contributed by atoms with van der Waals surface area (Å²) in [6.07, 6.45) is -0.993. The molecule has 0 saturated carbocycles. The number of nitrogens with zero attached hydrogens (tertiary/aromatic N) is 1. The Morgan fingerprint density at radius 2 is 1.85 bits per heavy atom. The zero-order chi connectivity index (χ0) is 19.8. The van der Waals surface area contributed by atoms with Crippen molar-refractivity contribution in [3.05, 3.63) is 59.7 Å². The number of hydrogen-bond acceptors (Lipinski definition) is 5. The van der Waals surface area contributed by atoms with Crippen LogP contribution in [0, 0.1) is 11.3 Å². The molecule has 0 bridgehead atoms. The number of carbonyl (C=O) groups excluding carboxylic acids is 2. The fraction of sp³-hybridized carbons (Fsp3) is 0.286. The van der Waals surface area contributed by atoms with Gasteiger partial charge in [0.1, 0.15) is 5.75 Å². The Morgan fingerprint density at radius 3 is 2.56 bits per heavy atom. The first-order valence-corrected chi connectivity index (χ1v) is 8.63. The highest BCUT2D eigenvalue weighted by atomic mass is 16.6. The molecule has 0 fully saturated rings. The van der Waals surface area contributed by atoms with Gasteiger partial charge in [-0.05, 0) is 42.7 Å². The normalized spacial score (nSPS) is 11.4. The molecule has 140 valence electrons. The van der Waals surface area contributed by atoms with Crippen molar-refractivity contribution in [1.82, 2.24) is 0 Å². The van der Waals surface area contributed by atoms with Crippen molar-refractivity contribution >= 4 is 17.6 Å².